The summed E-state index contributed by atoms with van der Waals surface area (Å²) in [5, 5.41) is 30.6. The Morgan fingerprint density at radius 1 is 0.711 bits per heavy atom. The molecule has 0 saturated heterocycles. The largest absolute Gasteiger partial charge is 0.494 e. The van der Waals surface area contributed by atoms with Gasteiger partial charge in [0.15, 0.2) is 11.8 Å². The summed E-state index contributed by atoms with van der Waals surface area (Å²) in [7, 11) is 0. The van der Waals surface area contributed by atoms with Gasteiger partial charge in [0, 0.05) is 38.3 Å². The monoisotopic (exact) mass is 596 g/mol. The zero-order chi connectivity index (χ0) is 30.9. The van der Waals surface area contributed by atoms with Gasteiger partial charge in [-0.25, -0.2) is 4.99 Å². The number of hydrogen-bond donors (Lipinski definition) is 5. The fraction of sp³-hybridized carbons (Fsp3) is 0.0857. The number of rotatable bonds is 6. The summed E-state index contributed by atoms with van der Waals surface area (Å²) < 4.78 is 0. The Labute approximate surface area is 256 Å². The van der Waals surface area contributed by atoms with Crippen LogP contribution in [-0.2, 0) is 4.84 Å². The Morgan fingerprint density at radius 2 is 1.27 bits per heavy atom. The van der Waals surface area contributed by atoms with Crippen molar-refractivity contribution in [1.82, 2.24) is 15.0 Å². The van der Waals surface area contributed by atoms with Gasteiger partial charge in [0.05, 0.1) is 22.5 Å². The fourth-order valence-electron chi connectivity index (χ4n) is 5.69. The number of nitroso groups, excluding NO2 is 1. The molecule has 5 N–H and O–H groups in total. The number of nitrogens with one attached hydrogen (secondary N) is 3. The number of hydrogen-bond acceptors (Lipinski definition) is 7. The van der Waals surface area contributed by atoms with E-state index in [4.69, 9.17) is 9.83 Å². The zero-order valence-corrected chi connectivity index (χ0v) is 24.2. The fourth-order valence-corrected chi connectivity index (χ4v) is 5.69. The van der Waals surface area contributed by atoms with Crippen LogP contribution in [0.25, 0.3) is 44.0 Å². The van der Waals surface area contributed by atoms with Gasteiger partial charge in [-0.2, -0.15) is 0 Å². The Hall–Kier alpha value is -6.16. The Morgan fingerprint density at radius 3 is 1.93 bits per heavy atom. The van der Waals surface area contributed by atoms with Crippen molar-refractivity contribution in [2.24, 2.45) is 15.3 Å². The smallest absolute Gasteiger partial charge is 0.199 e. The van der Waals surface area contributed by atoms with E-state index in [1.165, 1.54) is 0 Å². The van der Waals surface area contributed by atoms with E-state index < -0.39 is 0 Å². The highest BCUT2D eigenvalue weighted by Gasteiger charge is 2.29. The van der Waals surface area contributed by atoms with Crippen LogP contribution in [0.4, 0.5) is 11.4 Å². The topological polar surface area (TPSA) is 151 Å². The number of nitrogens with zero attached hydrogens (tertiary/aromatic N) is 3. The summed E-state index contributed by atoms with van der Waals surface area (Å²) in [4.78, 5) is 30.5. The molecule has 45 heavy (non-hydrogen) atoms. The average molecular weight is 597 g/mol. The van der Waals surface area contributed by atoms with Gasteiger partial charge >= 0.3 is 0 Å². The predicted molar refractivity (Wildman–Crippen MR) is 178 cm³/mol. The molecule has 3 aromatic heterocycles. The molecular formula is C35H28N6O4. The van der Waals surface area contributed by atoms with E-state index in [2.05, 4.69) is 25.3 Å². The quantitative estimate of drug-likeness (QED) is 0.0742. The van der Waals surface area contributed by atoms with Crippen molar-refractivity contribution in [2.45, 2.75) is 13.3 Å². The van der Waals surface area contributed by atoms with Crippen LogP contribution >= 0.6 is 0 Å². The molecule has 10 nitrogen and oxygen atoms in total. The van der Waals surface area contributed by atoms with Crippen molar-refractivity contribution in [3.8, 4) is 23.0 Å². The van der Waals surface area contributed by atoms with Crippen molar-refractivity contribution < 1.29 is 15.1 Å². The van der Waals surface area contributed by atoms with Gasteiger partial charge in [0.2, 0.25) is 0 Å². The second kappa shape index (κ2) is 11.5. The first kappa shape index (κ1) is 27.7. The number of aromatic nitrogens is 3. The van der Waals surface area contributed by atoms with Gasteiger partial charge in [-0.15, -0.1) is 4.91 Å². The van der Waals surface area contributed by atoms with Crippen molar-refractivity contribution in [3.63, 3.8) is 0 Å². The Kier molecular flexibility index (Phi) is 7.07. The van der Waals surface area contributed by atoms with E-state index in [0.717, 1.165) is 50.4 Å². The SMILES string of the molecule is CCCON=C1C(c2c(O)[nH]c3ccccc23)=Nc2ccccc21.O=Nc1c(-c2c(O)[nH]c3ccccc23)[nH]c2ccccc12. The van der Waals surface area contributed by atoms with Crippen LogP contribution in [-0.4, -0.2) is 43.2 Å². The molecule has 8 rings (SSSR count). The predicted octanol–water partition coefficient (Wildman–Crippen LogP) is 8.56. The molecule has 4 heterocycles. The van der Waals surface area contributed by atoms with E-state index in [1.807, 2.05) is 104 Å². The van der Waals surface area contributed by atoms with Crippen LogP contribution in [0.5, 0.6) is 11.8 Å². The summed E-state index contributed by atoms with van der Waals surface area (Å²) in [5.74, 6) is 0.110. The van der Waals surface area contributed by atoms with Crippen molar-refractivity contribution in [2.75, 3.05) is 6.61 Å². The van der Waals surface area contributed by atoms with Crippen molar-refractivity contribution in [1.29, 1.82) is 0 Å². The molecule has 0 unspecified atom stereocenters. The molecule has 1 aliphatic rings. The summed E-state index contributed by atoms with van der Waals surface area (Å²) in [6.07, 6.45) is 0.878. The first-order valence-corrected chi connectivity index (χ1v) is 14.5. The summed E-state index contributed by atoms with van der Waals surface area (Å²) in [5.41, 5.74) is 7.55. The van der Waals surface area contributed by atoms with Gasteiger partial charge in [-0.05, 0) is 35.9 Å². The van der Waals surface area contributed by atoms with Gasteiger partial charge in [0.1, 0.15) is 23.7 Å². The molecule has 0 fully saturated rings. The second-order valence-electron chi connectivity index (χ2n) is 10.5. The Bertz CT molecular complexity index is 2270. The molecule has 0 saturated carbocycles. The maximum absolute atomic E-state index is 11.3. The first-order valence-electron chi connectivity index (χ1n) is 14.5. The number of aromatic amines is 3. The second-order valence-corrected chi connectivity index (χ2v) is 10.5. The minimum atomic E-state index is 0.0210. The molecule has 0 aliphatic carbocycles. The summed E-state index contributed by atoms with van der Waals surface area (Å²) in [6.45, 7) is 2.57. The van der Waals surface area contributed by atoms with Gasteiger partial charge in [-0.3, -0.25) is 0 Å². The van der Waals surface area contributed by atoms with Crippen LogP contribution in [0.15, 0.2) is 112 Å². The van der Waals surface area contributed by atoms with E-state index in [9.17, 15) is 15.1 Å². The van der Waals surface area contributed by atoms with Gasteiger partial charge in [0.25, 0.3) is 0 Å². The lowest BCUT2D eigenvalue weighted by atomic mass is 10.0. The van der Waals surface area contributed by atoms with Crippen LogP contribution in [0.3, 0.4) is 0 Å². The molecule has 0 radical (unpaired) electrons. The maximum Gasteiger partial charge on any atom is 0.199 e. The standard InChI is InChI=1S/C19H17N3O2.C16H11N3O2/c1-2-11-24-22-17-13-8-4-6-10-15(13)20-18(17)16-12-7-3-5-9-14(12)21-19(16)23;20-16-13(9-5-1-3-7-11(9)18-16)15-14(19-21)10-6-2-4-8-12(10)17-15/h3-10,21,23H,2,11H2,1H3;1-8,17-18,20H. The van der Waals surface area contributed by atoms with Crippen LogP contribution < -0.4 is 0 Å². The Balaban J connectivity index is 0.000000146. The van der Waals surface area contributed by atoms with E-state index >= 15 is 0 Å². The lowest BCUT2D eigenvalue weighted by Crippen LogP contribution is -2.13. The molecule has 4 aromatic carbocycles. The molecule has 0 bridgehead atoms. The molecule has 1 aliphatic heterocycles. The average Bonchev–Trinajstić information content (AvgIpc) is 3.80. The third-order valence-corrected chi connectivity index (χ3v) is 7.70. The zero-order valence-electron chi connectivity index (χ0n) is 24.2. The summed E-state index contributed by atoms with van der Waals surface area (Å²) >= 11 is 0. The lowest BCUT2D eigenvalue weighted by molar-refractivity contribution is 0.146. The number of aromatic hydroxyl groups is 2. The van der Waals surface area contributed by atoms with E-state index in [-0.39, 0.29) is 11.8 Å². The van der Waals surface area contributed by atoms with Crippen molar-refractivity contribution >= 4 is 55.5 Å². The highest BCUT2D eigenvalue weighted by molar-refractivity contribution is 6.58. The molecule has 0 amide bonds. The minimum absolute atomic E-state index is 0.0210. The molecule has 0 atom stereocenters. The third kappa shape index (κ3) is 4.78. The minimum Gasteiger partial charge on any atom is -0.494 e. The van der Waals surface area contributed by atoms with Crippen LogP contribution in [0.1, 0.15) is 24.5 Å². The number of benzene rings is 4. The van der Waals surface area contributed by atoms with Gasteiger partial charge < -0.3 is 30.0 Å². The number of H-pyrrole nitrogens is 3. The molecule has 7 aromatic rings. The molecule has 222 valence electrons. The molecule has 10 heteroatoms. The van der Waals surface area contributed by atoms with Crippen molar-refractivity contribution in [3.05, 3.63) is 113 Å². The van der Waals surface area contributed by atoms with E-state index in [1.54, 1.807) is 0 Å². The van der Waals surface area contributed by atoms with Crippen LogP contribution in [0.2, 0.25) is 0 Å². The molecule has 0 spiro atoms. The first-order chi connectivity index (χ1) is 22.1. The third-order valence-electron chi connectivity index (χ3n) is 7.70. The van der Waals surface area contributed by atoms with E-state index in [0.29, 0.717) is 40.5 Å². The maximum atomic E-state index is 11.3. The number of para-hydroxylation sites is 4. The van der Waals surface area contributed by atoms with Gasteiger partial charge in [-0.1, -0.05) is 84.9 Å². The number of fused-ring (bicyclic) bond motifs is 4. The summed E-state index contributed by atoms with van der Waals surface area (Å²) in [6, 6.07) is 30.5. The molecular weight excluding hydrogens is 568 g/mol. The highest BCUT2D eigenvalue weighted by Crippen LogP contribution is 2.44. The number of aliphatic imine (C=N–C) groups is 1. The number of oxime groups is 1. The van der Waals surface area contributed by atoms with Crippen LogP contribution in [0, 0.1) is 4.91 Å². The normalized spacial score (nSPS) is 13.2. The lowest BCUT2D eigenvalue weighted by Gasteiger charge is -2.04. The highest BCUT2D eigenvalue weighted by atomic mass is 16.6.